The molecule has 1 aromatic carbocycles. The molecular weight excluding hydrogens is 257 g/mol. The van der Waals surface area contributed by atoms with Crippen LogP contribution in [0.15, 0.2) is 24.3 Å². The van der Waals surface area contributed by atoms with Gasteiger partial charge in [0, 0.05) is 24.8 Å². The molecule has 0 aliphatic heterocycles. The number of hydrogen-bond acceptors (Lipinski definition) is 3. The fourth-order valence-electron chi connectivity index (χ4n) is 2.67. The van der Waals surface area contributed by atoms with Crippen LogP contribution in [-0.4, -0.2) is 41.0 Å². The number of rotatable bonds is 7. The lowest BCUT2D eigenvalue weighted by Gasteiger charge is -2.40. The Labute approximate surface area is 119 Å². The lowest BCUT2D eigenvalue weighted by Crippen LogP contribution is -2.49. The van der Waals surface area contributed by atoms with E-state index in [0.717, 1.165) is 19.4 Å². The molecule has 1 aliphatic carbocycles. The molecule has 0 radical (unpaired) electrons. The summed E-state index contributed by atoms with van der Waals surface area (Å²) in [5.74, 6) is -0.305. The van der Waals surface area contributed by atoms with Gasteiger partial charge in [-0.25, -0.2) is 4.39 Å². The van der Waals surface area contributed by atoms with Crippen LogP contribution in [0.1, 0.15) is 43.0 Å². The first-order valence-corrected chi connectivity index (χ1v) is 7.30. The molecular formula is C16H22FNO2. The molecule has 2 rings (SSSR count). The van der Waals surface area contributed by atoms with Gasteiger partial charge in [-0.15, -0.1) is 0 Å². The van der Waals surface area contributed by atoms with E-state index in [-0.39, 0.29) is 24.2 Å². The second-order valence-electron chi connectivity index (χ2n) is 5.45. The Morgan fingerprint density at radius 3 is 2.55 bits per heavy atom. The van der Waals surface area contributed by atoms with Crippen LogP contribution in [-0.2, 0) is 0 Å². The third kappa shape index (κ3) is 3.44. The molecule has 0 spiro atoms. The van der Waals surface area contributed by atoms with Crippen LogP contribution in [0, 0.1) is 5.82 Å². The van der Waals surface area contributed by atoms with E-state index in [0.29, 0.717) is 18.0 Å². The van der Waals surface area contributed by atoms with Crippen LogP contribution < -0.4 is 0 Å². The smallest absolute Gasteiger partial charge is 0.179 e. The summed E-state index contributed by atoms with van der Waals surface area (Å²) in [7, 11) is 0. The van der Waals surface area contributed by atoms with Crippen LogP contribution >= 0.6 is 0 Å². The maximum absolute atomic E-state index is 12.9. The molecule has 0 aromatic heterocycles. The minimum atomic E-state index is -0.328. The summed E-state index contributed by atoms with van der Waals surface area (Å²) in [6.45, 7) is 2.78. The average Bonchev–Trinajstić information content (AvgIpc) is 2.40. The van der Waals surface area contributed by atoms with E-state index in [2.05, 4.69) is 4.90 Å². The lowest BCUT2D eigenvalue weighted by atomic mass is 9.89. The summed E-state index contributed by atoms with van der Waals surface area (Å²) in [6.07, 6.45) is 4.12. The highest BCUT2D eigenvalue weighted by atomic mass is 19.1. The predicted molar refractivity (Wildman–Crippen MR) is 76.2 cm³/mol. The molecule has 0 saturated heterocycles. The molecule has 1 aromatic rings. The molecule has 0 heterocycles. The Balaban J connectivity index is 2.07. The molecule has 1 aliphatic rings. The molecule has 1 unspecified atom stereocenters. The summed E-state index contributed by atoms with van der Waals surface area (Å²) < 4.78 is 12.9. The van der Waals surface area contributed by atoms with Crippen molar-refractivity contribution in [1.29, 1.82) is 0 Å². The van der Waals surface area contributed by atoms with Crippen molar-refractivity contribution in [3.8, 4) is 0 Å². The van der Waals surface area contributed by atoms with E-state index >= 15 is 0 Å². The monoisotopic (exact) mass is 279 g/mol. The van der Waals surface area contributed by atoms with Gasteiger partial charge >= 0.3 is 0 Å². The third-order valence-corrected chi connectivity index (χ3v) is 4.12. The number of Topliss-reactive ketones (excluding diaryl/α,β-unsaturated/α-hetero) is 1. The summed E-state index contributed by atoms with van der Waals surface area (Å²) in [6, 6.07) is 5.94. The number of hydrogen-bond donors (Lipinski definition) is 1. The summed E-state index contributed by atoms with van der Waals surface area (Å²) in [5, 5.41) is 9.00. The highest BCUT2D eigenvalue weighted by Gasteiger charge is 2.31. The van der Waals surface area contributed by atoms with Gasteiger partial charge in [0.25, 0.3) is 0 Å². The van der Waals surface area contributed by atoms with Crippen molar-refractivity contribution in [3.63, 3.8) is 0 Å². The van der Waals surface area contributed by atoms with Crippen LogP contribution in [0.25, 0.3) is 0 Å². The molecule has 20 heavy (non-hydrogen) atoms. The van der Waals surface area contributed by atoms with E-state index < -0.39 is 0 Å². The third-order valence-electron chi connectivity index (χ3n) is 4.12. The van der Waals surface area contributed by atoms with Crippen LogP contribution in [0.3, 0.4) is 0 Å². The maximum atomic E-state index is 12.9. The van der Waals surface area contributed by atoms with Crippen LogP contribution in [0.4, 0.5) is 4.39 Å². The second kappa shape index (κ2) is 6.95. The summed E-state index contributed by atoms with van der Waals surface area (Å²) in [4.78, 5) is 14.7. The number of benzene rings is 1. The van der Waals surface area contributed by atoms with E-state index in [1.54, 1.807) is 12.1 Å². The topological polar surface area (TPSA) is 40.5 Å². The second-order valence-corrected chi connectivity index (χ2v) is 5.45. The van der Waals surface area contributed by atoms with Gasteiger partial charge in [-0.3, -0.25) is 9.69 Å². The highest BCUT2D eigenvalue weighted by Crippen LogP contribution is 2.27. The number of aliphatic hydroxyl groups is 1. The first kappa shape index (κ1) is 15.1. The first-order chi connectivity index (χ1) is 9.63. The molecule has 110 valence electrons. The van der Waals surface area contributed by atoms with Crippen molar-refractivity contribution < 1.29 is 14.3 Å². The van der Waals surface area contributed by atoms with Gasteiger partial charge in [0.15, 0.2) is 5.78 Å². The van der Waals surface area contributed by atoms with E-state index in [1.165, 1.54) is 18.6 Å². The van der Waals surface area contributed by atoms with E-state index in [9.17, 15) is 9.18 Å². The van der Waals surface area contributed by atoms with Gasteiger partial charge in [-0.05, 0) is 50.5 Å². The number of halogens is 1. The number of carbonyl (C=O) groups is 1. The number of carbonyl (C=O) groups excluding carboxylic acids is 1. The van der Waals surface area contributed by atoms with E-state index in [4.69, 9.17) is 5.11 Å². The van der Waals surface area contributed by atoms with Gasteiger partial charge in [0.05, 0.1) is 6.04 Å². The Hall–Kier alpha value is -1.26. The molecule has 1 N–H and O–H groups in total. The minimum Gasteiger partial charge on any atom is -0.396 e. The molecule has 3 nitrogen and oxygen atoms in total. The first-order valence-electron chi connectivity index (χ1n) is 7.30. The molecule has 4 heteroatoms. The van der Waals surface area contributed by atoms with Crippen molar-refractivity contribution in [2.24, 2.45) is 0 Å². The maximum Gasteiger partial charge on any atom is 0.179 e. The molecule has 0 amide bonds. The zero-order chi connectivity index (χ0) is 14.5. The van der Waals surface area contributed by atoms with Crippen molar-refractivity contribution in [2.45, 2.75) is 44.7 Å². The van der Waals surface area contributed by atoms with Gasteiger partial charge in [-0.1, -0.05) is 6.42 Å². The Bertz CT molecular complexity index is 442. The normalized spacial score (nSPS) is 17.0. The molecule has 0 bridgehead atoms. The number of ketones is 1. The van der Waals surface area contributed by atoms with Crippen molar-refractivity contribution in [3.05, 3.63) is 35.6 Å². The molecule has 1 saturated carbocycles. The largest absolute Gasteiger partial charge is 0.396 e. The standard InChI is InChI=1S/C16H22FNO2/c1-12(16(20)13-6-8-14(17)9-7-13)18(10-3-11-19)15-4-2-5-15/h6-9,12,15,19H,2-5,10-11H2,1H3. The molecule has 1 fully saturated rings. The fourth-order valence-corrected chi connectivity index (χ4v) is 2.67. The quantitative estimate of drug-likeness (QED) is 0.780. The van der Waals surface area contributed by atoms with Gasteiger partial charge in [0.2, 0.25) is 0 Å². The van der Waals surface area contributed by atoms with Gasteiger partial charge in [-0.2, -0.15) is 0 Å². The van der Waals surface area contributed by atoms with Crippen molar-refractivity contribution >= 4 is 5.78 Å². The fraction of sp³-hybridized carbons (Fsp3) is 0.562. The predicted octanol–water partition coefficient (Wildman–Crippen LogP) is 2.63. The van der Waals surface area contributed by atoms with Crippen LogP contribution in [0.2, 0.25) is 0 Å². The minimum absolute atomic E-state index is 0.0230. The number of nitrogens with zero attached hydrogens (tertiary/aromatic N) is 1. The van der Waals surface area contributed by atoms with Crippen molar-refractivity contribution in [1.82, 2.24) is 4.90 Å². The summed E-state index contributed by atoms with van der Waals surface area (Å²) >= 11 is 0. The van der Waals surface area contributed by atoms with Gasteiger partial charge < -0.3 is 5.11 Å². The van der Waals surface area contributed by atoms with E-state index in [1.807, 2.05) is 6.92 Å². The average molecular weight is 279 g/mol. The summed E-state index contributed by atoms with van der Waals surface area (Å²) in [5.41, 5.74) is 0.548. The Morgan fingerprint density at radius 2 is 2.05 bits per heavy atom. The SMILES string of the molecule is CC(C(=O)c1ccc(F)cc1)N(CCCO)C1CCC1. The molecule has 1 atom stereocenters. The van der Waals surface area contributed by atoms with Crippen LogP contribution in [0.5, 0.6) is 0 Å². The lowest BCUT2D eigenvalue weighted by molar-refractivity contribution is 0.0584. The Kier molecular flexibility index (Phi) is 5.26. The van der Waals surface area contributed by atoms with Gasteiger partial charge in [0.1, 0.15) is 5.82 Å². The highest BCUT2D eigenvalue weighted by molar-refractivity contribution is 5.99. The zero-order valence-electron chi connectivity index (χ0n) is 11.9. The number of aliphatic hydroxyl groups excluding tert-OH is 1. The van der Waals surface area contributed by atoms with Crippen molar-refractivity contribution in [2.75, 3.05) is 13.2 Å². The Morgan fingerprint density at radius 1 is 1.40 bits per heavy atom. The zero-order valence-corrected chi connectivity index (χ0v) is 11.9.